The number of amides is 3. The van der Waals surface area contributed by atoms with E-state index in [1.54, 1.807) is 31.2 Å². The van der Waals surface area contributed by atoms with E-state index in [2.05, 4.69) is 20.9 Å². The van der Waals surface area contributed by atoms with Crippen molar-refractivity contribution >= 4 is 28.8 Å². The molecular formula is C29H33F3N4O5. The van der Waals surface area contributed by atoms with E-state index in [1.807, 2.05) is 6.92 Å². The number of rotatable bonds is 9. The molecule has 1 aliphatic carbocycles. The Kier molecular flexibility index (Phi) is 8.50. The summed E-state index contributed by atoms with van der Waals surface area (Å²) in [4.78, 5) is 41.7. The second kappa shape index (κ2) is 11.7. The Balaban J connectivity index is 1.54. The number of hydrogen-bond donors (Lipinski definition) is 5. The fourth-order valence-corrected chi connectivity index (χ4v) is 5.22. The summed E-state index contributed by atoms with van der Waals surface area (Å²) in [6.45, 7) is 3.77. The van der Waals surface area contributed by atoms with Gasteiger partial charge in [-0.05, 0) is 48.1 Å². The van der Waals surface area contributed by atoms with Gasteiger partial charge >= 0.3 is 18.2 Å². The van der Waals surface area contributed by atoms with Crippen LogP contribution < -0.4 is 20.7 Å². The minimum atomic E-state index is -4.59. The lowest BCUT2D eigenvalue weighted by Crippen LogP contribution is -2.63. The molecule has 12 heteroatoms. The number of carbonyl (C=O) groups is 3. The van der Waals surface area contributed by atoms with Crippen molar-refractivity contribution in [3.63, 3.8) is 0 Å². The number of aliphatic carboxylic acids is 1. The number of fused-ring (bicyclic) bond motifs is 3. The number of hydrogen-bond acceptors (Lipinski definition) is 4. The molecule has 0 saturated heterocycles. The number of carboxylic acid groups (broad SMARTS) is 1. The van der Waals surface area contributed by atoms with Crippen LogP contribution in [-0.4, -0.2) is 46.7 Å². The average Bonchev–Trinajstić information content (AvgIpc) is 3.31. The van der Waals surface area contributed by atoms with Crippen molar-refractivity contribution in [1.82, 2.24) is 20.9 Å². The molecule has 0 aliphatic heterocycles. The van der Waals surface area contributed by atoms with Crippen LogP contribution in [-0.2, 0) is 35.2 Å². The Morgan fingerprint density at radius 3 is 2.56 bits per heavy atom. The van der Waals surface area contributed by atoms with Gasteiger partial charge in [0.15, 0.2) is 0 Å². The van der Waals surface area contributed by atoms with E-state index in [4.69, 9.17) is 4.74 Å². The first-order valence-corrected chi connectivity index (χ1v) is 13.3. The van der Waals surface area contributed by atoms with Gasteiger partial charge in [-0.3, -0.25) is 4.79 Å². The molecule has 0 fully saturated rings. The van der Waals surface area contributed by atoms with E-state index in [-0.39, 0.29) is 42.6 Å². The Hall–Kier alpha value is -4.22. The van der Waals surface area contributed by atoms with Gasteiger partial charge in [-0.25, -0.2) is 9.59 Å². The molecule has 0 saturated carbocycles. The van der Waals surface area contributed by atoms with E-state index >= 15 is 0 Å². The quantitative estimate of drug-likeness (QED) is 0.256. The van der Waals surface area contributed by atoms with Crippen LogP contribution in [0.1, 0.15) is 49.1 Å². The molecular weight excluding hydrogens is 541 g/mol. The molecule has 0 radical (unpaired) electrons. The van der Waals surface area contributed by atoms with Crippen molar-refractivity contribution in [2.75, 3.05) is 7.11 Å². The highest BCUT2D eigenvalue weighted by Crippen LogP contribution is 2.40. The molecule has 2 unspecified atom stereocenters. The summed E-state index contributed by atoms with van der Waals surface area (Å²) < 4.78 is 46.0. The van der Waals surface area contributed by atoms with Crippen LogP contribution in [0, 0.1) is 5.92 Å². The summed E-state index contributed by atoms with van der Waals surface area (Å²) in [6, 6.07) is 9.21. The first-order valence-electron chi connectivity index (χ1n) is 13.3. The molecule has 0 spiro atoms. The second-order valence-electron chi connectivity index (χ2n) is 10.4. The number of urea groups is 1. The Bertz CT molecular complexity index is 1450. The largest absolute Gasteiger partial charge is 0.497 e. The van der Waals surface area contributed by atoms with Crippen LogP contribution in [0.3, 0.4) is 0 Å². The minimum absolute atomic E-state index is 0.0372. The monoisotopic (exact) mass is 574 g/mol. The summed E-state index contributed by atoms with van der Waals surface area (Å²) in [5.41, 5.74) is -1.00. The Morgan fingerprint density at radius 1 is 1.17 bits per heavy atom. The lowest BCUT2D eigenvalue weighted by atomic mass is 9.79. The van der Waals surface area contributed by atoms with Gasteiger partial charge in [0.25, 0.3) is 0 Å². The zero-order valence-electron chi connectivity index (χ0n) is 22.9. The first-order chi connectivity index (χ1) is 19.4. The van der Waals surface area contributed by atoms with E-state index in [0.29, 0.717) is 23.4 Å². The molecule has 41 heavy (non-hydrogen) atoms. The Morgan fingerprint density at radius 2 is 1.90 bits per heavy atom. The van der Waals surface area contributed by atoms with E-state index in [0.717, 1.165) is 11.6 Å². The maximum absolute atomic E-state index is 13.6. The van der Waals surface area contributed by atoms with Gasteiger partial charge in [0.05, 0.1) is 18.2 Å². The lowest BCUT2D eigenvalue weighted by Gasteiger charge is -2.36. The number of H-pyrrole nitrogens is 1. The van der Waals surface area contributed by atoms with Crippen LogP contribution in [0.2, 0.25) is 0 Å². The van der Waals surface area contributed by atoms with Gasteiger partial charge in [0.2, 0.25) is 5.91 Å². The highest BCUT2D eigenvalue weighted by molar-refractivity contribution is 5.94. The maximum atomic E-state index is 13.6. The predicted octanol–water partition coefficient (Wildman–Crippen LogP) is 4.54. The highest BCUT2D eigenvalue weighted by atomic mass is 19.4. The standard InChI is InChI=1S/C29H33F3N4O5/c1-4-16(2)23(35-27(40)33-15-17-7-5-8-18(13-17)41-3)25(37)36-28(26(38)39)12-11-22-20(14-28)19-9-6-10-21(24(19)34-22)29(30,31)32/h5-10,13,16,23,34H,4,11-12,14-15H2,1-3H3,(H,36,37)(H,38,39)(H2,33,35,40)/t16?,23?,28-/m1/s1. The normalized spacial score (nSPS) is 18.2. The summed E-state index contributed by atoms with van der Waals surface area (Å²) in [5, 5.41) is 18.5. The molecule has 1 aromatic heterocycles. The molecule has 220 valence electrons. The summed E-state index contributed by atoms with van der Waals surface area (Å²) in [6.07, 6.45) is -4.20. The number of aromatic amines is 1. The third-order valence-electron chi connectivity index (χ3n) is 7.76. The molecule has 3 amide bonds. The van der Waals surface area contributed by atoms with E-state index in [9.17, 15) is 32.7 Å². The SMILES string of the molecule is CCC(C)C(NC(=O)NCc1cccc(OC)c1)C(=O)N[C@]1(C(=O)O)CCc2[nH]c3c(C(F)(F)F)cccc3c2C1. The van der Waals surface area contributed by atoms with Gasteiger partial charge in [0.1, 0.15) is 17.3 Å². The van der Waals surface area contributed by atoms with Crippen LogP contribution in [0.5, 0.6) is 5.75 Å². The number of alkyl halides is 3. The topological polar surface area (TPSA) is 133 Å². The third-order valence-corrected chi connectivity index (χ3v) is 7.76. The van der Waals surface area contributed by atoms with Crippen LogP contribution in [0.4, 0.5) is 18.0 Å². The second-order valence-corrected chi connectivity index (χ2v) is 10.4. The molecule has 2 aromatic carbocycles. The molecule has 5 N–H and O–H groups in total. The van der Waals surface area contributed by atoms with Crippen molar-refractivity contribution in [3.05, 3.63) is 64.8 Å². The van der Waals surface area contributed by atoms with Crippen molar-refractivity contribution in [2.24, 2.45) is 5.92 Å². The number of aryl methyl sites for hydroxylation is 1. The van der Waals surface area contributed by atoms with Crippen LogP contribution >= 0.6 is 0 Å². The van der Waals surface area contributed by atoms with Gasteiger partial charge in [-0.1, -0.05) is 44.5 Å². The van der Waals surface area contributed by atoms with Crippen LogP contribution in [0.15, 0.2) is 42.5 Å². The van der Waals surface area contributed by atoms with Crippen molar-refractivity contribution in [3.8, 4) is 5.75 Å². The zero-order valence-corrected chi connectivity index (χ0v) is 22.9. The van der Waals surface area contributed by atoms with Crippen LogP contribution in [0.25, 0.3) is 10.9 Å². The number of para-hydroxylation sites is 1. The molecule has 1 heterocycles. The number of ether oxygens (including phenoxy) is 1. The fourth-order valence-electron chi connectivity index (χ4n) is 5.22. The van der Waals surface area contributed by atoms with Crippen molar-refractivity contribution in [2.45, 2.75) is 63.8 Å². The zero-order chi connectivity index (χ0) is 29.9. The maximum Gasteiger partial charge on any atom is 0.418 e. The highest BCUT2D eigenvalue weighted by Gasteiger charge is 2.46. The number of carbonyl (C=O) groups excluding carboxylic acids is 2. The summed E-state index contributed by atoms with van der Waals surface area (Å²) >= 11 is 0. The van der Waals surface area contributed by atoms with Crippen molar-refractivity contribution < 1.29 is 37.4 Å². The number of benzene rings is 2. The van der Waals surface area contributed by atoms with Crippen molar-refractivity contribution in [1.29, 1.82) is 0 Å². The predicted molar refractivity (Wildman–Crippen MR) is 145 cm³/mol. The van der Waals surface area contributed by atoms with Gasteiger partial charge in [-0.15, -0.1) is 0 Å². The number of halogens is 3. The van der Waals surface area contributed by atoms with Gasteiger partial charge in [-0.2, -0.15) is 13.2 Å². The van der Waals surface area contributed by atoms with Gasteiger partial charge in [0, 0.05) is 24.0 Å². The molecule has 3 atom stereocenters. The number of carboxylic acids is 1. The lowest BCUT2D eigenvalue weighted by molar-refractivity contribution is -0.148. The number of methoxy groups -OCH3 is 1. The molecule has 3 aromatic rings. The summed E-state index contributed by atoms with van der Waals surface area (Å²) in [7, 11) is 1.53. The van der Waals surface area contributed by atoms with Gasteiger partial charge < -0.3 is 30.8 Å². The minimum Gasteiger partial charge on any atom is -0.497 e. The Labute approximate surface area is 234 Å². The number of nitrogens with one attached hydrogen (secondary N) is 4. The molecule has 4 rings (SSSR count). The molecule has 0 bridgehead atoms. The number of aromatic nitrogens is 1. The smallest absolute Gasteiger partial charge is 0.418 e. The summed E-state index contributed by atoms with van der Waals surface area (Å²) in [5.74, 6) is -1.70. The van der Waals surface area contributed by atoms with E-state index in [1.165, 1.54) is 19.2 Å². The molecule has 9 nitrogen and oxygen atoms in total. The first kappa shape index (κ1) is 29.8. The third kappa shape index (κ3) is 6.26. The molecule has 1 aliphatic rings. The average molecular weight is 575 g/mol. The fraction of sp³-hybridized carbons (Fsp3) is 0.414. The van der Waals surface area contributed by atoms with E-state index < -0.39 is 41.2 Å².